The molecular weight excluding hydrogens is 375 g/mol. The van der Waals surface area contributed by atoms with Crippen LogP contribution in [0.1, 0.15) is 40.8 Å². The summed E-state index contributed by atoms with van der Waals surface area (Å²) in [7, 11) is 0. The first-order chi connectivity index (χ1) is 12.1. The van der Waals surface area contributed by atoms with Crippen molar-refractivity contribution in [2.45, 2.75) is 32.1 Å². The molecule has 0 bridgehead atoms. The summed E-state index contributed by atoms with van der Waals surface area (Å²) in [6.07, 6.45) is 8.39. The minimum atomic E-state index is -0.279. The zero-order chi connectivity index (χ0) is 17.8. The molecule has 0 spiro atoms. The summed E-state index contributed by atoms with van der Waals surface area (Å²) in [6.45, 7) is 0. The van der Waals surface area contributed by atoms with E-state index in [0.717, 1.165) is 31.2 Å². The number of anilines is 1. The minimum Gasteiger partial charge on any atom is -0.313 e. The van der Waals surface area contributed by atoms with Gasteiger partial charge in [0.2, 0.25) is 5.91 Å². The first-order valence-corrected chi connectivity index (χ1v) is 9.64. The highest BCUT2D eigenvalue weighted by Crippen LogP contribution is 2.37. The number of halogens is 2. The number of nitrogens with one attached hydrogen (secondary N) is 1. The molecule has 2 aromatic rings. The van der Waals surface area contributed by atoms with Gasteiger partial charge in [0.05, 0.1) is 5.56 Å². The van der Waals surface area contributed by atoms with E-state index in [9.17, 15) is 10.1 Å². The van der Waals surface area contributed by atoms with Crippen molar-refractivity contribution in [2.75, 3.05) is 5.32 Å². The fourth-order valence-corrected chi connectivity index (χ4v) is 4.62. The largest absolute Gasteiger partial charge is 0.313 e. The Morgan fingerprint density at radius 2 is 2.04 bits per heavy atom. The number of fused-ring (bicyclic) bond motifs is 1. The number of benzene rings is 1. The van der Waals surface area contributed by atoms with Crippen LogP contribution in [-0.4, -0.2) is 5.91 Å². The molecular formula is C19H16Cl2N2OS. The van der Waals surface area contributed by atoms with Gasteiger partial charge in [0.15, 0.2) is 0 Å². The standard InChI is InChI=1S/C19H16Cl2N2OS/c20-13-8-6-12(16(21)10-13)7-9-18(24)23-19-15(11-22)14-4-2-1-3-5-17(14)25-19/h6-10H,1-5H2,(H,23,24)/b9-7+. The molecule has 1 aliphatic carbocycles. The van der Waals surface area contributed by atoms with E-state index in [1.807, 2.05) is 0 Å². The van der Waals surface area contributed by atoms with Gasteiger partial charge in [-0.1, -0.05) is 35.7 Å². The lowest BCUT2D eigenvalue weighted by molar-refractivity contribution is -0.111. The first-order valence-electron chi connectivity index (χ1n) is 8.07. The molecule has 1 N–H and O–H groups in total. The van der Waals surface area contributed by atoms with Crippen molar-refractivity contribution in [3.8, 4) is 6.07 Å². The predicted molar refractivity (Wildman–Crippen MR) is 104 cm³/mol. The highest BCUT2D eigenvalue weighted by Gasteiger charge is 2.20. The molecule has 6 heteroatoms. The molecule has 0 saturated heterocycles. The van der Waals surface area contributed by atoms with Crippen LogP contribution in [0.15, 0.2) is 24.3 Å². The lowest BCUT2D eigenvalue weighted by Crippen LogP contribution is -2.07. The second-order valence-corrected chi connectivity index (χ2v) is 7.82. The number of nitrogens with zero attached hydrogens (tertiary/aromatic N) is 1. The zero-order valence-corrected chi connectivity index (χ0v) is 15.8. The van der Waals surface area contributed by atoms with Crippen LogP contribution in [0.25, 0.3) is 6.08 Å². The Hall–Kier alpha value is -1.80. The maximum Gasteiger partial charge on any atom is 0.249 e. The van der Waals surface area contributed by atoms with E-state index in [4.69, 9.17) is 23.2 Å². The highest BCUT2D eigenvalue weighted by atomic mass is 35.5. The van der Waals surface area contributed by atoms with Gasteiger partial charge >= 0.3 is 0 Å². The summed E-state index contributed by atoms with van der Waals surface area (Å²) in [4.78, 5) is 13.5. The average Bonchev–Trinajstić information content (AvgIpc) is 2.74. The number of carbonyl (C=O) groups excluding carboxylic acids is 1. The van der Waals surface area contributed by atoms with Crippen molar-refractivity contribution in [1.82, 2.24) is 0 Å². The van der Waals surface area contributed by atoms with Crippen LogP contribution in [0.2, 0.25) is 10.0 Å². The van der Waals surface area contributed by atoms with Crippen LogP contribution < -0.4 is 5.32 Å². The number of thiophene rings is 1. The smallest absolute Gasteiger partial charge is 0.249 e. The summed E-state index contributed by atoms with van der Waals surface area (Å²) < 4.78 is 0. The van der Waals surface area contributed by atoms with E-state index in [1.54, 1.807) is 24.3 Å². The molecule has 0 radical (unpaired) electrons. The number of amides is 1. The van der Waals surface area contributed by atoms with Gasteiger partial charge < -0.3 is 5.32 Å². The van der Waals surface area contributed by atoms with E-state index in [0.29, 0.717) is 26.2 Å². The van der Waals surface area contributed by atoms with E-state index >= 15 is 0 Å². The Bertz CT molecular complexity index is 880. The molecule has 0 unspecified atom stereocenters. The van der Waals surface area contributed by atoms with Crippen LogP contribution in [0.5, 0.6) is 0 Å². The number of hydrogen-bond acceptors (Lipinski definition) is 3. The van der Waals surface area contributed by atoms with E-state index in [1.165, 1.54) is 28.7 Å². The molecule has 1 aromatic carbocycles. The number of rotatable bonds is 3. The number of nitriles is 1. The van der Waals surface area contributed by atoms with Crippen molar-refractivity contribution < 1.29 is 4.79 Å². The minimum absolute atomic E-state index is 0.279. The number of carbonyl (C=O) groups is 1. The van der Waals surface area contributed by atoms with Gasteiger partial charge in [0.1, 0.15) is 11.1 Å². The SMILES string of the molecule is N#Cc1c(NC(=O)/C=C/c2ccc(Cl)cc2Cl)sc2c1CCCCC2. The third-order valence-electron chi connectivity index (χ3n) is 4.15. The van der Waals surface area contributed by atoms with Gasteiger partial charge in [-0.25, -0.2) is 0 Å². The van der Waals surface area contributed by atoms with Gasteiger partial charge in [-0.05, 0) is 55.0 Å². The first kappa shape index (κ1) is 18.0. The van der Waals surface area contributed by atoms with Gasteiger partial charge in [0.25, 0.3) is 0 Å². The summed E-state index contributed by atoms with van der Waals surface area (Å²) in [5.74, 6) is -0.279. The number of hydrogen-bond donors (Lipinski definition) is 1. The molecule has 0 saturated carbocycles. The summed E-state index contributed by atoms with van der Waals surface area (Å²) in [6, 6.07) is 7.36. The monoisotopic (exact) mass is 390 g/mol. The van der Waals surface area contributed by atoms with E-state index in [2.05, 4.69) is 11.4 Å². The van der Waals surface area contributed by atoms with Crippen LogP contribution in [-0.2, 0) is 17.6 Å². The lowest BCUT2D eigenvalue weighted by atomic mass is 10.1. The molecule has 0 aliphatic heterocycles. The van der Waals surface area contributed by atoms with Crippen molar-refractivity contribution >= 4 is 51.5 Å². The molecule has 1 heterocycles. The van der Waals surface area contributed by atoms with Crippen LogP contribution in [0.4, 0.5) is 5.00 Å². The van der Waals surface area contributed by atoms with Crippen molar-refractivity contribution in [1.29, 1.82) is 5.26 Å². The van der Waals surface area contributed by atoms with Crippen molar-refractivity contribution in [2.24, 2.45) is 0 Å². The summed E-state index contributed by atoms with van der Waals surface area (Å²) in [5, 5.41) is 14.0. The second kappa shape index (κ2) is 8.05. The van der Waals surface area contributed by atoms with Crippen LogP contribution >= 0.6 is 34.5 Å². The third-order valence-corrected chi connectivity index (χ3v) is 5.92. The fourth-order valence-electron chi connectivity index (χ4n) is 2.90. The molecule has 25 heavy (non-hydrogen) atoms. The highest BCUT2D eigenvalue weighted by molar-refractivity contribution is 7.16. The maximum absolute atomic E-state index is 12.2. The number of aryl methyl sites for hydroxylation is 1. The van der Waals surface area contributed by atoms with Crippen LogP contribution in [0, 0.1) is 11.3 Å². The van der Waals surface area contributed by atoms with Gasteiger partial charge in [-0.15, -0.1) is 11.3 Å². The summed E-state index contributed by atoms with van der Waals surface area (Å²) in [5.41, 5.74) is 2.45. The molecule has 1 aliphatic rings. The molecule has 1 amide bonds. The Morgan fingerprint density at radius 1 is 1.24 bits per heavy atom. The van der Waals surface area contributed by atoms with E-state index in [-0.39, 0.29) is 5.91 Å². The predicted octanol–water partition coefficient (Wildman–Crippen LogP) is 5.85. The van der Waals surface area contributed by atoms with Crippen molar-refractivity contribution in [3.63, 3.8) is 0 Å². The third kappa shape index (κ3) is 4.24. The Morgan fingerprint density at radius 3 is 2.80 bits per heavy atom. The molecule has 1 aromatic heterocycles. The second-order valence-electron chi connectivity index (χ2n) is 5.87. The molecule has 0 atom stereocenters. The molecule has 0 fully saturated rings. The van der Waals surface area contributed by atoms with Gasteiger partial charge in [-0.3, -0.25) is 4.79 Å². The Balaban J connectivity index is 1.77. The molecule has 3 rings (SSSR count). The fraction of sp³-hybridized carbons (Fsp3) is 0.263. The lowest BCUT2D eigenvalue weighted by Gasteiger charge is -2.01. The Labute approximate surface area is 160 Å². The van der Waals surface area contributed by atoms with Crippen molar-refractivity contribution in [3.05, 3.63) is 55.9 Å². The van der Waals surface area contributed by atoms with Gasteiger partial charge in [-0.2, -0.15) is 5.26 Å². The zero-order valence-electron chi connectivity index (χ0n) is 13.4. The van der Waals surface area contributed by atoms with Crippen LogP contribution in [0.3, 0.4) is 0 Å². The van der Waals surface area contributed by atoms with E-state index < -0.39 is 0 Å². The molecule has 3 nitrogen and oxygen atoms in total. The topological polar surface area (TPSA) is 52.9 Å². The summed E-state index contributed by atoms with van der Waals surface area (Å²) >= 11 is 13.5. The maximum atomic E-state index is 12.2. The molecule has 128 valence electrons. The Kier molecular flexibility index (Phi) is 5.80. The average molecular weight is 391 g/mol. The van der Waals surface area contributed by atoms with Gasteiger partial charge in [0, 0.05) is 21.0 Å². The normalized spacial score (nSPS) is 14.0. The quantitative estimate of drug-likeness (QED) is 0.527.